The van der Waals surface area contributed by atoms with E-state index in [9.17, 15) is 10.2 Å². The fourth-order valence-electron chi connectivity index (χ4n) is 1.27. The van der Waals surface area contributed by atoms with Gasteiger partial charge in [-0.25, -0.2) is 0 Å². The van der Waals surface area contributed by atoms with Crippen LogP contribution in [-0.2, 0) is 0 Å². The molecular weight excluding hydrogens is 186 g/mol. The molecule has 0 amide bonds. The van der Waals surface area contributed by atoms with Gasteiger partial charge in [0.25, 0.3) is 0 Å². The Hall–Kier alpha value is 0.0900. The number of rotatable bonds is 2. The Morgan fingerprint density at radius 2 is 1.25 bits per heavy atom. The smallest absolute Gasteiger partial charge is 0.0990 e. The second kappa shape index (κ2) is 4.96. The van der Waals surface area contributed by atoms with Crippen LogP contribution < -0.4 is 5.32 Å². The molecule has 0 aromatic rings. The molecule has 5 N–H and O–H groups in total. The fourth-order valence-corrected chi connectivity index (χ4v) is 1.27. The van der Waals surface area contributed by atoms with E-state index >= 15 is 0 Å². The first-order chi connectivity index (χ1) is 5.20. The first-order valence-electron chi connectivity index (χ1n) is 3.54. The van der Waals surface area contributed by atoms with Crippen molar-refractivity contribution < 1.29 is 20.4 Å². The Kier molecular flexibility index (Phi) is 5.00. The highest BCUT2D eigenvalue weighted by molar-refractivity contribution is 5.85. The number of halogens is 1. The molecule has 1 saturated heterocycles. The topological polar surface area (TPSA) is 93.0 Å². The lowest BCUT2D eigenvalue weighted by Gasteiger charge is -2.12. The molecule has 6 heteroatoms. The van der Waals surface area contributed by atoms with Crippen LogP contribution in [0.15, 0.2) is 0 Å². The normalized spacial score (nSPS) is 41.0. The number of hydrogen-bond donors (Lipinski definition) is 5. The second-order valence-corrected chi connectivity index (χ2v) is 2.73. The van der Waals surface area contributed by atoms with Crippen molar-refractivity contribution in [2.24, 2.45) is 0 Å². The molecule has 1 aliphatic rings. The molecule has 1 rings (SSSR count). The molecule has 12 heavy (non-hydrogen) atoms. The lowest BCUT2D eigenvalue weighted by molar-refractivity contribution is 0.0130. The van der Waals surface area contributed by atoms with Crippen molar-refractivity contribution in [1.82, 2.24) is 5.32 Å². The zero-order valence-corrected chi connectivity index (χ0v) is 7.24. The van der Waals surface area contributed by atoms with Gasteiger partial charge in [-0.15, -0.1) is 12.4 Å². The zero-order chi connectivity index (χ0) is 8.43. The van der Waals surface area contributed by atoms with E-state index in [1.165, 1.54) is 0 Å². The average molecular weight is 200 g/mol. The van der Waals surface area contributed by atoms with Gasteiger partial charge in [-0.2, -0.15) is 0 Å². The predicted molar refractivity (Wildman–Crippen MR) is 44.1 cm³/mol. The molecule has 0 aromatic heterocycles. The van der Waals surface area contributed by atoms with Crippen LogP contribution in [0.4, 0.5) is 0 Å². The van der Waals surface area contributed by atoms with Gasteiger partial charge in [0, 0.05) is 0 Å². The third-order valence-electron chi connectivity index (χ3n) is 2.00. The van der Waals surface area contributed by atoms with Crippen LogP contribution in [0.25, 0.3) is 0 Å². The monoisotopic (exact) mass is 199 g/mol. The van der Waals surface area contributed by atoms with E-state index in [0.717, 1.165) is 0 Å². The van der Waals surface area contributed by atoms with Gasteiger partial charge in [-0.1, -0.05) is 0 Å². The maximum Gasteiger partial charge on any atom is 0.0990 e. The van der Waals surface area contributed by atoms with Crippen LogP contribution in [0, 0.1) is 0 Å². The Bertz CT molecular complexity index is 119. The van der Waals surface area contributed by atoms with Crippen LogP contribution >= 0.6 is 12.4 Å². The van der Waals surface area contributed by atoms with E-state index in [1.54, 1.807) is 0 Å². The van der Waals surface area contributed by atoms with Gasteiger partial charge < -0.3 is 25.7 Å². The molecule has 1 aliphatic heterocycles. The van der Waals surface area contributed by atoms with Gasteiger partial charge in [-0.3, -0.25) is 0 Å². The number of aliphatic hydroxyl groups is 4. The van der Waals surface area contributed by atoms with Crippen LogP contribution in [0.2, 0.25) is 0 Å². The van der Waals surface area contributed by atoms with Gasteiger partial charge in [0.2, 0.25) is 0 Å². The van der Waals surface area contributed by atoms with E-state index in [4.69, 9.17) is 10.2 Å². The molecule has 1 fully saturated rings. The first-order valence-corrected chi connectivity index (χ1v) is 3.54. The summed E-state index contributed by atoms with van der Waals surface area (Å²) in [5.41, 5.74) is 0. The maximum absolute atomic E-state index is 9.18. The van der Waals surface area contributed by atoms with Gasteiger partial charge >= 0.3 is 0 Å². The molecule has 74 valence electrons. The Labute approximate surface area is 76.4 Å². The summed E-state index contributed by atoms with van der Waals surface area (Å²) in [6.07, 6.45) is -1.98. The van der Waals surface area contributed by atoms with E-state index < -0.39 is 24.3 Å². The standard InChI is InChI=1S/C6H13NO4.ClH/c8-1-3-5(10)6(11)4(2-9)7-3;/h3-11H,1-2H2;1H. The molecule has 0 radical (unpaired) electrons. The SMILES string of the molecule is Cl.OCC1NC(CO)C(O)C1O. The lowest BCUT2D eigenvalue weighted by Crippen LogP contribution is -2.37. The van der Waals surface area contributed by atoms with Crippen LogP contribution in [0.1, 0.15) is 0 Å². The molecule has 0 aliphatic carbocycles. The van der Waals surface area contributed by atoms with Crippen molar-refractivity contribution in [3.63, 3.8) is 0 Å². The zero-order valence-electron chi connectivity index (χ0n) is 6.42. The number of hydrogen-bond acceptors (Lipinski definition) is 5. The van der Waals surface area contributed by atoms with Gasteiger partial charge in [0.1, 0.15) is 0 Å². The highest BCUT2D eigenvalue weighted by Gasteiger charge is 2.39. The van der Waals surface area contributed by atoms with Crippen molar-refractivity contribution >= 4 is 12.4 Å². The summed E-state index contributed by atoms with van der Waals surface area (Å²) in [6.45, 7) is -0.483. The van der Waals surface area contributed by atoms with Crippen LogP contribution in [0.5, 0.6) is 0 Å². The minimum atomic E-state index is -0.989. The summed E-state index contributed by atoms with van der Waals surface area (Å²) in [6, 6.07) is -1.05. The van der Waals surface area contributed by atoms with Gasteiger partial charge in [0.05, 0.1) is 37.5 Å². The molecule has 5 nitrogen and oxygen atoms in total. The van der Waals surface area contributed by atoms with Crippen molar-refractivity contribution in [3.8, 4) is 0 Å². The average Bonchev–Trinajstić information content (AvgIpc) is 2.30. The minimum absolute atomic E-state index is 0. The molecule has 4 atom stereocenters. The first kappa shape index (κ1) is 12.1. The fraction of sp³-hybridized carbons (Fsp3) is 1.00. The summed E-state index contributed by atoms with van der Waals surface area (Å²) in [4.78, 5) is 0. The number of aliphatic hydroxyl groups excluding tert-OH is 4. The van der Waals surface area contributed by atoms with E-state index in [1.807, 2.05) is 0 Å². The quantitative estimate of drug-likeness (QED) is 0.338. The van der Waals surface area contributed by atoms with Gasteiger partial charge in [-0.05, 0) is 0 Å². The third-order valence-corrected chi connectivity index (χ3v) is 2.00. The minimum Gasteiger partial charge on any atom is -0.395 e. The van der Waals surface area contributed by atoms with E-state index in [0.29, 0.717) is 0 Å². The maximum atomic E-state index is 9.18. The molecule has 0 aromatic carbocycles. The van der Waals surface area contributed by atoms with Crippen molar-refractivity contribution in [1.29, 1.82) is 0 Å². The highest BCUT2D eigenvalue weighted by atomic mass is 35.5. The number of nitrogens with one attached hydrogen (secondary N) is 1. The molecule has 0 bridgehead atoms. The van der Waals surface area contributed by atoms with E-state index in [2.05, 4.69) is 5.32 Å². The van der Waals surface area contributed by atoms with Gasteiger partial charge in [0.15, 0.2) is 0 Å². The summed E-state index contributed by atoms with van der Waals surface area (Å²) in [5.74, 6) is 0. The molecular formula is C6H14ClNO4. The Balaban J connectivity index is 0.00000121. The third kappa shape index (κ3) is 2.07. The molecule has 0 saturated carbocycles. The Morgan fingerprint density at radius 1 is 0.917 bits per heavy atom. The molecule has 0 spiro atoms. The summed E-state index contributed by atoms with van der Waals surface area (Å²) < 4.78 is 0. The van der Waals surface area contributed by atoms with Crippen molar-refractivity contribution in [3.05, 3.63) is 0 Å². The van der Waals surface area contributed by atoms with Crippen molar-refractivity contribution in [2.75, 3.05) is 13.2 Å². The molecule has 1 heterocycles. The van der Waals surface area contributed by atoms with Crippen molar-refractivity contribution in [2.45, 2.75) is 24.3 Å². The summed E-state index contributed by atoms with van der Waals surface area (Å²) in [7, 11) is 0. The lowest BCUT2D eigenvalue weighted by atomic mass is 10.1. The summed E-state index contributed by atoms with van der Waals surface area (Å²) >= 11 is 0. The highest BCUT2D eigenvalue weighted by Crippen LogP contribution is 2.13. The van der Waals surface area contributed by atoms with Crippen LogP contribution in [-0.4, -0.2) is 57.9 Å². The van der Waals surface area contributed by atoms with E-state index in [-0.39, 0.29) is 25.6 Å². The predicted octanol–water partition coefficient (Wildman–Crippen LogP) is -2.54. The Morgan fingerprint density at radius 3 is 1.42 bits per heavy atom. The summed E-state index contributed by atoms with van der Waals surface area (Å²) in [5, 5.41) is 38.3. The molecule has 4 unspecified atom stereocenters. The largest absolute Gasteiger partial charge is 0.395 e. The second-order valence-electron chi connectivity index (χ2n) is 2.73. The van der Waals surface area contributed by atoms with Crippen LogP contribution in [0.3, 0.4) is 0 Å².